The van der Waals surface area contributed by atoms with Crippen molar-refractivity contribution >= 4 is 17.9 Å². The van der Waals surface area contributed by atoms with Gasteiger partial charge in [0.05, 0.1) is 0 Å². The summed E-state index contributed by atoms with van der Waals surface area (Å²) in [4.78, 5) is 33.8. The minimum atomic E-state index is -1.24. The Kier molecular flexibility index (Phi) is 5.56. The van der Waals surface area contributed by atoms with Gasteiger partial charge < -0.3 is 26.2 Å². The molecule has 0 spiro atoms. The van der Waals surface area contributed by atoms with Crippen LogP contribution in [0.5, 0.6) is 0 Å². The molecule has 0 aromatic carbocycles. The fraction of sp³-hybridized carbons (Fsp3) is 0.727. The topological polar surface area (TPSA) is 128 Å². The number of carbonyl (C=O) groups is 3. The van der Waals surface area contributed by atoms with Gasteiger partial charge >= 0.3 is 12.0 Å². The van der Waals surface area contributed by atoms with E-state index in [4.69, 9.17) is 10.2 Å². The molecule has 1 aliphatic rings. The maximum absolute atomic E-state index is 11.6. The quantitative estimate of drug-likeness (QED) is 0.397. The first-order chi connectivity index (χ1) is 8.93. The van der Waals surface area contributed by atoms with Crippen LogP contribution in [0.2, 0.25) is 0 Å². The second kappa shape index (κ2) is 6.93. The van der Waals surface area contributed by atoms with Crippen LogP contribution in [0.1, 0.15) is 26.2 Å². The van der Waals surface area contributed by atoms with Gasteiger partial charge in [0.2, 0.25) is 5.91 Å². The summed E-state index contributed by atoms with van der Waals surface area (Å²) in [6.45, 7) is 1.16. The van der Waals surface area contributed by atoms with Gasteiger partial charge in [-0.3, -0.25) is 4.79 Å². The van der Waals surface area contributed by atoms with Crippen molar-refractivity contribution in [2.75, 3.05) is 6.61 Å². The minimum Gasteiger partial charge on any atom is -0.480 e. The molecule has 5 N–H and O–H groups in total. The number of urea groups is 1. The molecule has 1 unspecified atom stereocenters. The van der Waals surface area contributed by atoms with Crippen molar-refractivity contribution in [3.8, 4) is 0 Å². The van der Waals surface area contributed by atoms with Gasteiger partial charge in [-0.25, -0.2) is 9.59 Å². The van der Waals surface area contributed by atoms with Crippen LogP contribution in [-0.4, -0.2) is 52.9 Å². The predicted molar refractivity (Wildman–Crippen MR) is 65.4 cm³/mol. The van der Waals surface area contributed by atoms with Crippen LogP contribution in [-0.2, 0) is 9.59 Å². The third kappa shape index (κ3) is 5.56. The number of aliphatic carboxylic acids is 1. The fourth-order valence-electron chi connectivity index (χ4n) is 1.40. The second-order valence-corrected chi connectivity index (χ2v) is 4.53. The van der Waals surface area contributed by atoms with E-state index in [0.29, 0.717) is 0 Å². The van der Waals surface area contributed by atoms with Crippen molar-refractivity contribution in [3.05, 3.63) is 0 Å². The van der Waals surface area contributed by atoms with E-state index in [0.717, 1.165) is 12.8 Å². The maximum atomic E-state index is 11.6. The molecular weight excluding hydrogens is 254 g/mol. The smallest absolute Gasteiger partial charge is 0.326 e. The number of hydrogen-bond acceptors (Lipinski definition) is 4. The summed E-state index contributed by atoms with van der Waals surface area (Å²) in [6.07, 6.45) is 1.80. The summed E-state index contributed by atoms with van der Waals surface area (Å²) in [5.41, 5.74) is 0. The van der Waals surface area contributed by atoms with Gasteiger partial charge in [-0.15, -0.1) is 0 Å². The van der Waals surface area contributed by atoms with Crippen molar-refractivity contribution in [2.24, 2.45) is 0 Å². The third-order valence-electron chi connectivity index (χ3n) is 2.69. The number of nitrogens with one attached hydrogen (secondary N) is 3. The summed E-state index contributed by atoms with van der Waals surface area (Å²) >= 11 is 0. The van der Waals surface area contributed by atoms with Gasteiger partial charge in [0, 0.05) is 19.1 Å². The minimum absolute atomic E-state index is 0.0919. The Morgan fingerprint density at radius 1 is 1.26 bits per heavy atom. The highest BCUT2D eigenvalue weighted by Crippen LogP contribution is 2.18. The number of rotatable bonds is 7. The molecule has 108 valence electrons. The zero-order chi connectivity index (χ0) is 14.4. The summed E-state index contributed by atoms with van der Waals surface area (Å²) in [6, 6.07) is -2.48. The van der Waals surface area contributed by atoms with E-state index < -0.39 is 24.1 Å². The van der Waals surface area contributed by atoms with E-state index in [1.165, 1.54) is 6.92 Å². The Hall–Kier alpha value is -1.83. The fourth-order valence-corrected chi connectivity index (χ4v) is 1.40. The lowest BCUT2D eigenvalue weighted by Crippen LogP contribution is -2.52. The zero-order valence-electron chi connectivity index (χ0n) is 10.7. The van der Waals surface area contributed by atoms with Gasteiger partial charge in [-0.1, -0.05) is 0 Å². The molecular formula is C11H19N3O5. The van der Waals surface area contributed by atoms with Gasteiger partial charge in [-0.05, 0) is 19.8 Å². The standard InChI is InChI=1S/C11H19N3O5/c1-6(9(16)13-7-2-3-7)12-11(19)14-8(4-5-15)10(17)18/h6-8,15H,2-5H2,1H3,(H,13,16)(H,17,18)(H2,12,14,19)/t6?,8-/m0/s1. The van der Waals surface area contributed by atoms with Crippen LogP contribution in [0.4, 0.5) is 4.79 Å². The van der Waals surface area contributed by atoms with Gasteiger partial charge in [0.25, 0.3) is 0 Å². The summed E-state index contributed by atoms with van der Waals surface area (Å²) < 4.78 is 0. The Morgan fingerprint density at radius 3 is 2.37 bits per heavy atom. The van der Waals surface area contributed by atoms with Crippen LogP contribution >= 0.6 is 0 Å². The SMILES string of the molecule is CC(NC(=O)N[C@@H](CCO)C(=O)O)C(=O)NC1CC1. The highest BCUT2D eigenvalue weighted by Gasteiger charge is 2.27. The molecule has 0 bridgehead atoms. The first-order valence-corrected chi connectivity index (χ1v) is 6.15. The molecule has 0 saturated heterocycles. The Labute approximate surface area is 110 Å². The molecule has 0 aromatic rings. The highest BCUT2D eigenvalue weighted by molar-refractivity contribution is 5.88. The third-order valence-corrected chi connectivity index (χ3v) is 2.69. The summed E-state index contributed by atoms with van der Waals surface area (Å²) in [7, 11) is 0. The average Bonchev–Trinajstić information content (AvgIpc) is 3.11. The zero-order valence-corrected chi connectivity index (χ0v) is 10.7. The van der Waals surface area contributed by atoms with E-state index in [2.05, 4.69) is 16.0 Å². The Bertz CT molecular complexity index is 356. The van der Waals surface area contributed by atoms with E-state index in [1.807, 2.05) is 0 Å². The van der Waals surface area contributed by atoms with E-state index in [-0.39, 0.29) is 25.0 Å². The number of hydrogen-bond donors (Lipinski definition) is 5. The lowest BCUT2D eigenvalue weighted by molar-refractivity contribution is -0.139. The summed E-state index contributed by atoms with van der Waals surface area (Å²) in [5, 5.41) is 24.7. The van der Waals surface area contributed by atoms with Crippen molar-refractivity contribution in [2.45, 2.75) is 44.3 Å². The largest absolute Gasteiger partial charge is 0.480 e. The molecule has 1 rings (SSSR count). The van der Waals surface area contributed by atoms with Crippen LogP contribution in [0, 0.1) is 0 Å². The molecule has 2 atom stereocenters. The molecule has 1 saturated carbocycles. The van der Waals surface area contributed by atoms with Crippen LogP contribution < -0.4 is 16.0 Å². The molecule has 0 heterocycles. The van der Waals surface area contributed by atoms with Crippen molar-refractivity contribution in [1.82, 2.24) is 16.0 Å². The molecule has 1 aliphatic carbocycles. The molecule has 19 heavy (non-hydrogen) atoms. The summed E-state index contributed by atoms with van der Waals surface area (Å²) in [5.74, 6) is -1.54. The number of carboxylic acid groups (broad SMARTS) is 1. The predicted octanol–water partition coefficient (Wildman–Crippen LogP) is -1.21. The van der Waals surface area contributed by atoms with E-state index in [1.54, 1.807) is 0 Å². The lowest BCUT2D eigenvalue weighted by atomic mass is 10.2. The lowest BCUT2D eigenvalue weighted by Gasteiger charge is -2.17. The van der Waals surface area contributed by atoms with Crippen LogP contribution in [0.3, 0.4) is 0 Å². The van der Waals surface area contributed by atoms with Gasteiger partial charge in [0.1, 0.15) is 12.1 Å². The number of aliphatic hydroxyl groups excluding tert-OH is 1. The van der Waals surface area contributed by atoms with E-state index >= 15 is 0 Å². The molecule has 0 aliphatic heterocycles. The molecule has 1 fully saturated rings. The van der Waals surface area contributed by atoms with E-state index in [9.17, 15) is 14.4 Å². The normalized spacial score (nSPS) is 17.2. The Balaban J connectivity index is 2.35. The van der Waals surface area contributed by atoms with Crippen molar-refractivity contribution < 1.29 is 24.6 Å². The molecule has 8 heteroatoms. The number of carbonyl (C=O) groups excluding carboxylic acids is 2. The molecule has 3 amide bonds. The monoisotopic (exact) mass is 273 g/mol. The first kappa shape index (κ1) is 15.2. The van der Waals surface area contributed by atoms with Crippen molar-refractivity contribution in [3.63, 3.8) is 0 Å². The number of carboxylic acids is 1. The van der Waals surface area contributed by atoms with Crippen LogP contribution in [0.25, 0.3) is 0 Å². The number of aliphatic hydroxyl groups is 1. The molecule has 0 aromatic heterocycles. The average molecular weight is 273 g/mol. The van der Waals surface area contributed by atoms with Crippen LogP contribution in [0.15, 0.2) is 0 Å². The maximum Gasteiger partial charge on any atom is 0.326 e. The van der Waals surface area contributed by atoms with Gasteiger partial charge in [-0.2, -0.15) is 0 Å². The molecule has 0 radical (unpaired) electrons. The Morgan fingerprint density at radius 2 is 1.89 bits per heavy atom. The highest BCUT2D eigenvalue weighted by atomic mass is 16.4. The van der Waals surface area contributed by atoms with Gasteiger partial charge in [0.15, 0.2) is 0 Å². The second-order valence-electron chi connectivity index (χ2n) is 4.53. The number of amides is 3. The first-order valence-electron chi connectivity index (χ1n) is 6.15. The molecule has 8 nitrogen and oxygen atoms in total. The van der Waals surface area contributed by atoms with Crippen molar-refractivity contribution in [1.29, 1.82) is 0 Å².